The van der Waals surface area contributed by atoms with E-state index in [1.165, 1.54) is 57.5 Å². The van der Waals surface area contributed by atoms with Gasteiger partial charge in [0.05, 0.1) is 0 Å². The van der Waals surface area contributed by atoms with Gasteiger partial charge >= 0.3 is 0 Å². The SMILES string of the molecule is CCC=CPCCCCCCCCC. The molecule has 0 aliphatic rings. The van der Waals surface area contributed by atoms with Gasteiger partial charge in [0.25, 0.3) is 0 Å². The predicted molar refractivity (Wildman–Crippen MR) is 70.6 cm³/mol. The first-order chi connectivity index (χ1) is 6.91. The maximum atomic E-state index is 2.36. The Hall–Kier alpha value is 0.170. The molecule has 0 aliphatic carbocycles. The largest absolute Gasteiger partial charge is 0.0987 e. The van der Waals surface area contributed by atoms with Crippen molar-refractivity contribution in [2.75, 3.05) is 6.16 Å². The van der Waals surface area contributed by atoms with Crippen LogP contribution in [0.3, 0.4) is 0 Å². The van der Waals surface area contributed by atoms with Crippen molar-refractivity contribution in [2.45, 2.75) is 65.2 Å². The van der Waals surface area contributed by atoms with Crippen molar-refractivity contribution in [3.8, 4) is 0 Å². The van der Waals surface area contributed by atoms with Gasteiger partial charge in [-0.1, -0.05) is 72.8 Å². The van der Waals surface area contributed by atoms with Crippen LogP contribution in [0, 0.1) is 0 Å². The van der Waals surface area contributed by atoms with E-state index in [4.69, 9.17) is 0 Å². The molecule has 0 heterocycles. The van der Waals surface area contributed by atoms with Crippen molar-refractivity contribution in [1.29, 1.82) is 0 Å². The lowest BCUT2D eigenvalue weighted by molar-refractivity contribution is 0.603. The molecule has 0 aromatic carbocycles. The number of hydrogen-bond acceptors (Lipinski definition) is 0. The summed E-state index contributed by atoms with van der Waals surface area (Å²) in [5.74, 6) is 2.36. The van der Waals surface area contributed by atoms with E-state index in [9.17, 15) is 0 Å². The second kappa shape index (κ2) is 13.2. The summed E-state index contributed by atoms with van der Waals surface area (Å²) >= 11 is 0. The first-order valence-corrected chi connectivity index (χ1v) is 7.58. The number of unbranched alkanes of at least 4 members (excludes halogenated alkanes) is 6. The maximum Gasteiger partial charge on any atom is -0.0319 e. The van der Waals surface area contributed by atoms with Crippen LogP contribution in [-0.4, -0.2) is 6.16 Å². The minimum atomic E-state index is 1.07. The summed E-state index contributed by atoms with van der Waals surface area (Å²) in [6.45, 7) is 4.48. The molecule has 0 aromatic heterocycles. The van der Waals surface area contributed by atoms with E-state index in [1.807, 2.05) is 0 Å². The summed E-state index contributed by atoms with van der Waals surface area (Å²) in [6.07, 6.45) is 15.0. The highest BCUT2D eigenvalue weighted by Gasteiger charge is 1.89. The van der Waals surface area contributed by atoms with E-state index >= 15 is 0 Å². The van der Waals surface area contributed by atoms with Crippen molar-refractivity contribution < 1.29 is 0 Å². The molecule has 84 valence electrons. The minimum Gasteiger partial charge on any atom is -0.0987 e. The van der Waals surface area contributed by atoms with Crippen LogP contribution in [0.1, 0.15) is 65.2 Å². The Labute approximate surface area is 92.3 Å². The summed E-state index contributed by atoms with van der Waals surface area (Å²) in [5, 5.41) is 0. The highest BCUT2D eigenvalue weighted by atomic mass is 31.1. The van der Waals surface area contributed by atoms with E-state index in [0.717, 1.165) is 8.58 Å². The first kappa shape index (κ1) is 14.2. The predicted octanol–water partition coefficient (Wildman–Crippen LogP) is 5.34. The molecule has 0 radical (unpaired) electrons. The van der Waals surface area contributed by atoms with Gasteiger partial charge in [0.15, 0.2) is 0 Å². The van der Waals surface area contributed by atoms with Crippen LogP contribution in [-0.2, 0) is 0 Å². The molecule has 1 atom stereocenters. The van der Waals surface area contributed by atoms with Gasteiger partial charge in [0.2, 0.25) is 0 Å². The third-order valence-corrected chi connectivity index (χ3v) is 3.51. The maximum absolute atomic E-state index is 2.36. The van der Waals surface area contributed by atoms with Gasteiger partial charge in [-0.25, -0.2) is 0 Å². The molecule has 0 fully saturated rings. The lowest BCUT2D eigenvalue weighted by Crippen LogP contribution is -1.80. The molecule has 1 heteroatoms. The second-order valence-corrected chi connectivity index (χ2v) is 5.13. The molecular formula is C13H27P. The smallest absolute Gasteiger partial charge is 0.0319 e. The lowest BCUT2D eigenvalue weighted by Gasteiger charge is -1.99. The number of allylic oxidation sites excluding steroid dienone is 1. The quantitative estimate of drug-likeness (QED) is 0.340. The van der Waals surface area contributed by atoms with Gasteiger partial charge in [-0.2, -0.15) is 0 Å². The summed E-state index contributed by atoms with van der Waals surface area (Å²) in [4.78, 5) is 0. The van der Waals surface area contributed by atoms with Crippen LogP contribution in [0.25, 0.3) is 0 Å². The Bertz CT molecular complexity index is 118. The standard InChI is InChI=1S/C13H27P/c1-3-5-7-8-9-10-11-13-14-12-6-4-2/h6,12,14H,3-5,7-11,13H2,1-2H3. The number of rotatable bonds is 10. The van der Waals surface area contributed by atoms with E-state index in [2.05, 4.69) is 25.7 Å². The summed E-state index contributed by atoms with van der Waals surface area (Å²) in [6, 6.07) is 0. The molecule has 0 aromatic rings. The van der Waals surface area contributed by atoms with Gasteiger partial charge in [0, 0.05) is 0 Å². The zero-order valence-corrected chi connectivity index (χ0v) is 11.0. The van der Waals surface area contributed by atoms with Crippen molar-refractivity contribution in [1.82, 2.24) is 0 Å². The van der Waals surface area contributed by atoms with Gasteiger partial charge in [0.1, 0.15) is 0 Å². The lowest BCUT2D eigenvalue weighted by atomic mass is 10.1. The van der Waals surface area contributed by atoms with E-state index in [1.54, 1.807) is 0 Å². The summed E-state index contributed by atoms with van der Waals surface area (Å²) < 4.78 is 0. The molecule has 0 nitrogen and oxygen atoms in total. The molecule has 0 rings (SSSR count). The van der Waals surface area contributed by atoms with Gasteiger partial charge in [-0.05, 0) is 19.0 Å². The van der Waals surface area contributed by atoms with Crippen molar-refractivity contribution in [3.63, 3.8) is 0 Å². The average Bonchev–Trinajstić information content (AvgIpc) is 2.21. The molecular weight excluding hydrogens is 187 g/mol. The Morgan fingerprint density at radius 1 is 0.857 bits per heavy atom. The molecule has 14 heavy (non-hydrogen) atoms. The fourth-order valence-corrected chi connectivity index (χ4v) is 2.49. The molecule has 0 amide bonds. The average molecular weight is 214 g/mol. The molecule has 0 aliphatic heterocycles. The summed E-state index contributed by atoms with van der Waals surface area (Å²) in [7, 11) is 1.07. The van der Waals surface area contributed by atoms with E-state index in [-0.39, 0.29) is 0 Å². The highest BCUT2D eigenvalue weighted by molar-refractivity contribution is 7.41. The monoisotopic (exact) mass is 214 g/mol. The van der Waals surface area contributed by atoms with Crippen LogP contribution < -0.4 is 0 Å². The fraction of sp³-hybridized carbons (Fsp3) is 0.846. The minimum absolute atomic E-state index is 1.07. The Morgan fingerprint density at radius 2 is 1.50 bits per heavy atom. The third kappa shape index (κ3) is 12.2. The van der Waals surface area contributed by atoms with Crippen LogP contribution in [0.5, 0.6) is 0 Å². The molecule has 1 unspecified atom stereocenters. The van der Waals surface area contributed by atoms with Crippen molar-refractivity contribution in [3.05, 3.63) is 11.9 Å². The molecule has 0 saturated carbocycles. The van der Waals surface area contributed by atoms with Gasteiger partial charge < -0.3 is 0 Å². The van der Waals surface area contributed by atoms with Crippen molar-refractivity contribution in [2.24, 2.45) is 0 Å². The third-order valence-electron chi connectivity index (χ3n) is 2.40. The Balaban J connectivity index is 2.88. The zero-order valence-electron chi connectivity index (χ0n) is 10.0. The Morgan fingerprint density at radius 3 is 2.14 bits per heavy atom. The van der Waals surface area contributed by atoms with Gasteiger partial charge in [-0.15, -0.1) is 0 Å². The molecule has 0 spiro atoms. The van der Waals surface area contributed by atoms with E-state index < -0.39 is 0 Å². The van der Waals surface area contributed by atoms with Crippen LogP contribution in [0.4, 0.5) is 0 Å². The molecule has 0 N–H and O–H groups in total. The molecule has 0 saturated heterocycles. The Kier molecular flexibility index (Phi) is 13.3. The first-order valence-electron chi connectivity index (χ1n) is 6.30. The van der Waals surface area contributed by atoms with Crippen LogP contribution >= 0.6 is 8.58 Å². The van der Waals surface area contributed by atoms with Crippen LogP contribution in [0.2, 0.25) is 0 Å². The van der Waals surface area contributed by atoms with Gasteiger partial charge in [-0.3, -0.25) is 0 Å². The van der Waals surface area contributed by atoms with Crippen molar-refractivity contribution >= 4 is 8.58 Å². The normalized spacial score (nSPS) is 12.1. The van der Waals surface area contributed by atoms with E-state index in [0.29, 0.717) is 0 Å². The number of hydrogen-bond donors (Lipinski definition) is 0. The van der Waals surface area contributed by atoms with Crippen LogP contribution in [0.15, 0.2) is 11.9 Å². The second-order valence-electron chi connectivity index (χ2n) is 3.89. The molecule has 0 bridgehead atoms. The topological polar surface area (TPSA) is 0 Å². The zero-order chi connectivity index (χ0) is 10.5. The summed E-state index contributed by atoms with van der Waals surface area (Å²) in [5.41, 5.74) is 0. The highest BCUT2D eigenvalue weighted by Crippen LogP contribution is 2.16. The fourth-order valence-electron chi connectivity index (χ4n) is 1.47.